The summed E-state index contributed by atoms with van der Waals surface area (Å²) in [6.45, 7) is 4.55. The molecular weight excluding hydrogens is 318 g/mol. The van der Waals surface area contributed by atoms with Gasteiger partial charge in [0.05, 0.1) is 10.7 Å². The van der Waals surface area contributed by atoms with Crippen molar-refractivity contribution in [2.45, 2.75) is 33.0 Å². The van der Waals surface area contributed by atoms with Gasteiger partial charge in [-0.3, -0.25) is 9.48 Å². The second-order valence-corrected chi connectivity index (χ2v) is 5.83. The number of hydrogen-bond donors (Lipinski definition) is 1. The number of nitrogens with one attached hydrogen (secondary N) is 1. The van der Waals surface area contributed by atoms with Gasteiger partial charge < -0.3 is 5.32 Å². The molecule has 5 heteroatoms. The normalized spacial score (nSPS) is 13.5. The fraction of sp³-hybridized carbons (Fsp3) is 0.333. The van der Waals surface area contributed by atoms with Gasteiger partial charge in [0.2, 0.25) is 5.78 Å². The minimum absolute atomic E-state index is 0.0255. The van der Waals surface area contributed by atoms with E-state index in [1.54, 1.807) is 10.9 Å². The number of aryl methyl sites for hydroxylation is 1. The second-order valence-electron chi connectivity index (χ2n) is 4.98. The third kappa shape index (κ3) is 2.31. The molecule has 0 saturated heterocycles. The molecule has 104 valence electrons. The predicted molar refractivity (Wildman–Crippen MR) is 80.6 cm³/mol. The number of aromatic nitrogens is 2. The molecule has 0 unspecified atom stereocenters. The van der Waals surface area contributed by atoms with Crippen molar-refractivity contribution >= 4 is 21.7 Å². The first kappa shape index (κ1) is 13.5. The number of rotatable bonds is 4. The maximum Gasteiger partial charge on any atom is 0.212 e. The van der Waals surface area contributed by atoms with Crippen LogP contribution in [0, 0.1) is 0 Å². The fourth-order valence-corrected chi connectivity index (χ4v) is 3.02. The standard InChI is InChI=1S/C15H16BrN3O/c1-2-5-19-14(13(16)9-18-19)15(20)10-3-4-11-7-17-8-12(11)6-10/h3-4,6,9,17H,2,5,7-8H2,1H3. The molecule has 0 saturated carbocycles. The summed E-state index contributed by atoms with van der Waals surface area (Å²) in [4.78, 5) is 12.7. The van der Waals surface area contributed by atoms with E-state index in [4.69, 9.17) is 0 Å². The zero-order valence-corrected chi connectivity index (χ0v) is 12.9. The van der Waals surface area contributed by atoms with Crippen molar-refractivity contribution in [3.05, 3.63) is 51.3 Å². The Morgan fingerprint density at radius 1 is 1.40 bits per heavy atom. The number of carbonyl (C=O) groups excluding carboxylic acids is 1. The van der Waals surface area contributed by atoms with Gasteiger partial charge in [-0.15, -0.1) is 0 Å². The fourth-order valence-electron chi connectivity index (χ4n) is 2.54. The van der Waals surface area contributed by atoms with E-state index in [9.17, 15) is 4.79 Å². The zero-order chi connectivity index (χ0) is 14.1. The van der Waals surface area contributed by atoms with E-state index in [1.165, 1.54) is 11.1 Å². The van der Waals surface area contributed by atoms with Crippen LogP contribution in [0.3, 0.4) is 0 Å². The summed E-state index contributed by atoms with van der Waals surface area (Å²) in [7, 11) is 0. The molecule has 0 amide bonds. The molecular formula is C15H16BrN3O. The molecule has 0 fully saturated rings. The van der Waals surface area contributed by atoms with Gasteiger partial charge in [-0.05, 0) is 39.5 Å². The number of ketones is 1. The molecule has 20 heavy (non-hydrogen) atoms. The van der Waals surface area contributed by atoms with Crippen LogP contribution in [0.5, 0.6) is 0 Å². The highest BCUT2D eigenvalue weighted by Gasteiger charge is 2.20. The first-order valence-electron chi connectivity index (χ1n) is 6.79. The molecule has 1 aromatic carbocycles. The maximum absolute atomic E-state index is 12.7. The lowest BCUT2D eigenvalue weighted by Crippen LogP contribution is -2.12. The third-order valence-electron chi connectivity index (χ3n) is 3.54. The van der Waals surface area contributed by atoms with E-state index in [0.717, 1.165) is 36.1 Å². The number of fused-ring (bicyclic) bond motifs is 1. The molecule has 0 spiro atoms. The molecule has 3 rings (SSSR count). The van der Waals surface area contributed by atoms with Gasteiger partial charge in [0, 0.05) is 25.2 Å². The van der Waals surface area contributed by atoms with Gasteiger partial charge in [0.1, 0.15) is 5.69 Å². The average Bonchev–Trinajstić information content (AvgIpc) is 3.04. The molecule has 2 heterocycles. The molecule has 1 aliphatic rings. The second kappa shape index (κ2) is 5.50. The van der Waals surface area contributed by atoms with E-state index < -0.39 is 0 Å². The van der Waals surface area contributed by atoms with Crippen LogP contribution in [0.15, 0.2) is 28.9 Å². The van der Waals surface area contributed by atoms with Crippen LogP contribution in [0.4, 0.5) is 0 Å². The average molecular weight is 334 g/mol. The van der Waals surface area contributed by atoms with Crippen LogP contribution in [-0.4, -0.2) is 15.6 Å². The van der Waals surface area contributed by atoms with E-state index in [2.05, 4.69) is 33.3 Å². The molecule has 1 aliphatic heterocycles. The summed E-state index contributed by atoms with van der Waals surface area (Å²) >= 11 is 3.43. The van der Waals surface area contributed by atoms with Crippen LogP contribution in [-0.2, 0) is 19.6 Å². The van der Waals surface area contributed by atoms with Crippen LogP contribution in [0.2, 0.25) is 0 Å². The summed E-state index contributed by atoms with van der Waals surface area (Å²) in [5.41, 5.74) is 3.86. The van der Waals surface area contributed by atoms with E-state index in [0.29, 0.717) is 5.69 Å². The summed E-state index contributed by atoms with van der Waals surface area (Å²) in [5, 5.41) is 7.55. The lowest BCUT2D eigenvalue weighted by Gasteiger charge is -2.07. The Balaban J connectivity index is 1.98. The summed E-state index contributed by atoms with van der Waals surface area (Å²) in [6, 6.07) is 5.94. The molecule has 1 N–H and O–H groups in total. The smallest absolute Gasteiger partial charge is 0.212 e. The first-order chi connectivity index (χ1) is 9.70. The number of carbonyl (C=O) groups is 1. The Bertz CT molecular complexity index is 663. The van der Waals surface area contributed by atoms with Gasteiger partial charge in [0.25, 0.3) is 0 Å². The highest BCUT2D eigenvalue weighted by Crippen LogP contribution is 2.23. The number of benzene rings is 1. The van der Waals surface area contributed by atoms with Gasteiger partial charge >= 0.3 is 0 Å². The Hall–Kier alpha value is -1.46. The van der Waals surface area contributed by atoms with Crippen molar-refractivity contribution in [2.75, 3.05) is 0 Å². The third-order valence-corrected chi connectivity index (χ3v) is 4.12. The molecule has 0 aliphatic carbocycles. The van der Waals surface area contributed by atoms with Crippen molar-refractivity contribution in [3.63, 3.8) is 0 Å². The Labute approximate surface area is 126 Å². The Kier molecular flexibility index (Phi) is 3.72. The zero-order valence-electron chi connectivity index (χ0n) is 11.3. The van der Waals surface area contributed by atoms with E-state index in [-0.39, 0.29) is 5.78 Å². The van der Waals surface area contributed by atoms with Gasteiger partial charge in [-0.2, -0.15) is 5.10 Å². The van der Waals surface area contributed by atoms with E-state index in [1.807, 2.05) is 18.2 Å². The molecule has 2 aromatic rings. The van der Waals surface area contributed by atoms with Gasteiger partial charge in [-0.1, -0.05) is 19.1 Å². The van der Waals surface area contributed by atoms with Crippen molar-refractivity contribution < 1.29 is 4.79 Å². The first-order valence-corrected chi connectivity index (χ1v) is 7.58. The lowest BCUT2D eigenvalue weighted by molar-refractivity contribution is 0.102. The van der Waals surface area contributed by atoms with Crippen molar-refractivity contribution in [1.29, 1.82) is 0 Å². The summed E-state index contributed by atoms with van der Waals surface area (Å²) < 4.78 is 2.53. The molecule has 1 aromatic heterocycles. The highest BCUT2D eigenvalue weighted by atomic mass is 79.9. The largest absolute Gasteiger partial charge is 0.309 e. The number of nitrogens with zero attached hydrogens (tertiary/aromatic N) is 2. The van der Waals surface area contributed by atoms with Gasteiger partial charge in [0.15, 0.2) is 0 Å². The van der Waals surface area contributed by atoms with Crippen LogP contribution >= 0.6 is 15.9 Å². The summed E-state index contributed by atoms with van der Waals surface area (Å²) in [6.07, 6.45) is 2.64. The quantitative estimate of drug-likeness (QED) is 0.875. The monoisotopic (exact) mass is 333 g/mol. The molecule has 0 bridgehead atoms. The minimum Gasteiger partial charge on any atom is -0.309 e. The van der Waals surface area contributed by atoms with Crippen LogP contribution in [0.25, 0.3) is 0 Å². The topological polar surface area (TPSA) is 46.9 Å². The minimum atomic E-state index is 0.0255. The molecule has 0 radical (unpaired) electrons. The SMILES string of the molecule is CCCn1ncc(Br)c1C(=O)c1ccc2c(c1)CNC2. The molecule has 4 nitrogen and oxygen atoms in total. The van der Waals surface area contributed by atoms with E-state index >= 15 is 0 Å². The molecule has 0 atom stereocenters. The number of hydrogen-bond acceptors (Lipinski definition) is 3. The Morgan fingerprint density at radius 3 is 3.00 bits per heavy atom. The van der Waals surface area contributed by atoms with Crippen LogP contribution in [0.1, 0.15) is 40.5 Å². The maximum atomic E-state index is 12.7. The summed E-state index contributed by atoms with van der Waals surface area (Å²) in [5.74, 6) is 0.0255. The van der Waals surface area contributed by atoms with Crippen molar-refractivity contribution in [1.82, 2.24) is 15.1 Å². The Morgan fingerprint density at radius 2 is 2.20 bits per heavy atom. The highest BCUT2D eigenvalue weighted by molar-refractivity contribution is 9.10. The lowest BCUT2D eigenvalue weighted by atomic mass is 10.0. The van der Waals surface area contributed by atoms with Crippen molar-refractivity contribution in [3.8, 4) is 0 Å². The number of halogens is 1. The predicted octanol–water partition coefficient (Wildman–Crippen LogP) is 2.89. The van der Waals surface area contributed by atoms with Crippen molar-refractivity contribution in [2.24, 2.45) is 0 Å². The van der Waals surface area contributed by atoms with Gasteiger partial charge in [-0.25, -0.2) is 0 Å². The van der Waals surface area contributed by atoms with Crippen LogP contribution < -0.4 is 5.32 Å².